The Morgan fingerprint density at radius 3 is 2.34 bits per heavy atom. The Morgan fingerprint density at radius 2 is 1.69 bits per heavy atom. The Balaban J connectivity index is 1.46. The van der Waals surface area contributed by atoms with Gasteiger partial charge in [-0.1, -0.05) is 12.7 Å². The Kier molecular flexibility index (Phi) is 7.24. The predicted molar refractivity (Wildman–Crippen MR) is 112 cm³/mol. The lowest BCUT2D eigenvalue weighted by atomic mass is 10.1. The van der Waals surface area contributed by atoms with Gasteiger partial charge < -0.3 is 25.0 Å². The number of nitrogens with zero attached hydrogens (tertiary/aromatic N) is 1. The zero-order valence-electron chi connectivity index (χ0n) is 16.2. The number of morpholine rings is 1. The van der Waals surface area contributed by atoms with Crippen molar-refractivity contribution in [3.05, 3.63) is 66.7 Å². The second-order valence-electron chi connectivity index (χ2n) is 6.51. The summed E-state index contributed by atoms with van der Waals surface area (Å²) in [6.07, 6.45) is 1.68. The fourth-order valence-corrected chi connectivity index (χ4v) is 2.86. The second kappa shape index (κ2) is 10.3. The number of amides is 2. The molecule has 0 spiro atoms. The molecule has 29 heavy (non-hydrogen) atoms. The van der Waals surface area contributed by atoms with Crippen LogP contribution >= 0.6 is 0 Å². The molecule has 1 fully saturated rings. The molecule has 0 atom stereocenters. The van der Waals surface area contributed by atoms with Crippen LogP contribution in [-0.4, -0.2) is 56.2 Å². The van der Waals surface area contributed by atoms with Crippen molar-refractivity contribution in [3.63, 3.8) is 0 Å². The number of anilines is 2. The second-order valence-corrected chi connectivity index (χ2v) is 6.51. The lowest BCUT2D eigenvalue weighted by Crippen LogP contribution is -2.40. The summed E-state index contributed by atoms with van der Waals surface area (Å²) in [7, 11) is 0. The van der Waals surface area contributed by atoms with Gasteiger partial charge in [0.05, 0.1) is 19.8 Å². The van der Waals surface area contributed by atoms with Crippen molar-refractivity contribution in [2.75, 3.05) is 50.1 Å². The minimum Gasteiger partial charge on any atom is -0.490 e. The molecule has 1 aliphatic heterocycles. The van der Waals surface area contributed by atoms with E-state index in [0.29, 0.717) is 44.2 Å². The molecule has 7 heteroatoms. The number of rotatable bonds is 8. The van der Waals surface area contributed by atoms with Gasteiger partial charge in [-0.15, -0.1) is 0 Å². The standard InChI is InChI=1S/C22H25N3O4/c1-2-13-29-20-9-7-18(8-10-20)23-16-21(26)24-19-5-3-17(4-6-19)22(27)25-11-14-28-15-12-25/h2-10,23H,1,11-16H2,(H,24,26). The number of carbonyl (C=O) groups is 2. The molecule has 2 N–H and O–H groups in total. The van der Waals surface area contributed by atoms with Gasteiger partial charge in [-0.2, -0.15) is 0 Å². The average Bonchev–Trinajstić information content (AvgIpc) is 2.77. The van der Waals surface area contributed by atoms with E-state index in [-0.39, 0.29) is 18.4 Å². The normalized spacial score (nSPS) is 13.4. The smallest absolute Gasteiger partial charge is 0.254 e. The van der Waals surface area contributed by atoms with E-state index in [4.69, 9.17) is 9.47 Å². The van der Waals surface area contributed by atoms with Crippen LogP contribution in [0.1, 0.15) is 10.4 Å². The van der Waals surface area contributed by atoms with Crippen molar-refractivity contribution < 1.29 is 19.1 Å². The summed E-state index contributed by atoms with van der Waals surface area (Å²) >= 11 is 0. The van der Waals surface area contributed by atoms with Crippen LogP contribution in [0.5, 0.6) is 5.75 Å². The summed E-state index contributed by atoms with van der Waals surface area (Å²) in [6.45, 7) is 6.52. The van der Waals surface area contributed by atoms with E-state index in [1.165, 1.54) is 0 Å². The maximum absolute atomic E-state index is 12.4. The molecule has 0 aliphatic carbocycles. The molecule has 0 bridgehead atoms. The summed E-state index contributed by atoms with van der Waals surface area (Å²) in [5.74, 6) is 0.546. The molecule has 0 radical (unpaired) electrons. The van der Waals surface area contributed by atoms with Crippen LogP contribution in [0.15, 0.2) is 61.2 Å². The summed E-state index contributed by atoms with van der Waals surface area (Å²) < 4.78 is 10.7. The van der Waals surface area contributed by atoms with E-state index < -0.39 is 0 Å². The lowest BCUT2D eigenvalue weighted by molar-refractivity contribution is -0.114. The van der Waals surface area contributed by atoms with Crippen LogP contribution in [-0.2, 0) is 9.53 Å². The number of benzene rings is 2. The van der Waals surface area contributed by atoms with Gasteiger partial charge in [-0.05, 0) is 48.5 Å². The van der Waals surface area contributed by atoms with E-state index in [9.17, 15) is 9.59 Å². The van der Waals surface area contributed by atoms with Gasteiger partial charge >= 0.3 is 0 Å². The lowest BCUT2D eigenvalue weighted by Gasteiger charge is -2.26. The first-order valence-corrected chi connectivity index (χ1v) is 9.50. The molecule has 7 nitrogen and oxygen atoms in total. The summed E-state index contributed by atoms with van der Waals surface area (Å²) in [6, 6.07) is 14.3. The van der Waals surface area contributed by atoms with E-state index in [1.54, 1.807) is 35.2 Å². The highest BCUT2D eigenvalue weighted by Crippen LogP contribution is 2.16. The molecule has 0 aromatic heterocycles. The molecule has 152 valence electrons. The molecule has 2 amide bonds. The Labute approximate surface area is 170 Å². The Morgan fingerprint density at radius 1 is 1.03 bits per heavy atom. The monoisotopic (exact) mass is 395 g/mol. The summed E-state index contributed by atoms with van der Waals surface area (Å²) in [4.78, 5) is 26.4. The van der Waals surface area contributed by atoms with Gasteiger partial charge in [0.1, 0.15) is 12.4 Å². The zero-order valence-corrected chi connectivity index (χ0v) is 16.2. The van der Waals surface area contributed by atoms with Crippen molar-refractivity contribution >= 4 is 23.2 Å². The third-order valence-electron chi connectivity index (χ3n) is 4.39. The van der Waals surface area contributed by atoms with Crippen molar-refractivity contribution in [2.45, 2.75) is 0 Å². The van der Waals surface area contributed by atoms with E-state index in [1.807, 2.05) is 24.3 Å². The molecule has 1 saturated heterocycles. The molecule has 3 rings (SSSR count). The van der Waals surface area contributed by atoms with E-state index in [0.717, 1.165) is 11.4 Å². The fourth-order valence-electron chi connectivity index (χ4n) is 2.86. The third-order valence-corrected chi connectivity index (χ3v) is 4.39. The molecule has 1 heterocycles. The highest BCUT2D eigenvalue weighted by molar-refractivity contribution is 5.96. The molecular weight excluding hydrogens is 370 g/mol. The Hall–Kier alpha value is -3.32. The van der Waals surface area contributed by atoms with Gasteiger partial charge in [-0.3, -0.25) is 9.59 Å². The van der Waals surface area contributed by atoms with E-state index >= 15 is 0 Å². The first kappa shape index (κ1) is 20.4. The molecule has 0 unspecified atom stereocenters. The van der Waals surface area contributed by atoms with Crippen molar-refractivity contribution in [1.29, 1.82) is 0 Å². The minimum absolute atomic E-state index is 0.0200. The number of hydrogen-bond acceptors (Lipinski definition) is 5. The number of hydrogen-bond donors (Lipinski definition) is 2. The topological polar surface area (TPSA) is 79.9 Å². The predicted octanol–water partition coefficient (Wildman–Crippen LogP) is 2.77. The van der Waals surface area contributed by atoms with Crippen LogP contribution in [0.4, 0.5) is 11.4 Å². The van der Waals surface area contributed by atoms with Crippen molar-refractivity contribution in [1.82, 2.24) is 4.90 Å². The van der Waals surface area contributed by atoms with Crippen LogP contribution < -0.4 is 15.4 Å². The maximum Gasteiger partial charge on any atom is 0.254 e. The van der Waals surface area contributed by atoms with Crippen LogP contribution in [0.3, 0.4) is 0 Å². The highest BCUT2D eigenvalue weighted by Gasteiger charge is 2.18. The largest absolute Gasteiger partial charge is 0.490 e. The van der Waals surface area contributed by atoms with Gasteiger partial charge in [0.2, 0.25) is 5.91 Å². The van der Waals surface area contributed by atoms with Gasteiger partial charge in [-0.25, -0.2) is 0 Å². The summed E-state index contributed by atoms with van der Waals surface area (Å²) in [5, 5.41) is 5.88. The minimum atomic E-state index is -0.177. The SMILES string of the molecule is C=CCOc1ccc(NCC(=O)Nc2ccc(C(=O)N3CCOCC3)cc2)cc1. The highest BCUT2D eigenvalue weighted by atomic mass is 16.5. The van der Waals surface area contributed by atoms with Crippen LogP contribution in [0, 0.1) is 0 Å². The maximum atomic E-state index is 12.4. The van der Waals surface area contributed by atoms with Gasteiger partial charge in [0, 0.05) is 30.0 Å². The molecule has 2 aromatic carbocycles. The zero-order chi connectivity index (χ0) is 20.5. The molecule has 2 aromatic rings. The van der Waals surface area contributed by atoms with Crippen molar-refractivity contribution in [3.8, 4) is 5.75 Å². The molecular formula is C22H25N3O4. The fraction of sp³-hybridized carbons (Fsp3) is 0.273. The third kappa shape index (κ3) is 6.08. The number of carbonyl (C=O) groups excluding carboxylic acids is 2. The van der Waals surface area contributed by atoms with Gasteiger partial charge in [0.15, 0.2) is 0 Å². The Bertz CT molecular complexity index is 828. The average molecular weight is 395 g/mol. The summed E-state index contributed by atoms with van der Waals surface area (Å²) in [5.41, 5.74) is 2.06. The quantitative estimate of drug-likeness (QED) is 0.672. The number of nitrogens with one attached hydrogen (secondary N) is 2. The first-order chi connectivity index (χ1) is 14.2. The van der Waals surface area contributed by atoms with Crippen LogP contribution in [0.2, 0.25) is 0 Å². The first-order valence-electron chi connectivity index (χ1n) is 9.50. The number of ether oxygens (including phenoxy) is 2. The van der Waals surface area contributed by atoms with Crippen LogP contribution in [0.25, 0.3) is 0 Å². The molecule has 0 saturated carbocycles. The van der Waals surface area contributed by atoms with Crippen molar-refractivity contribution in [2.24, 2.45) is 0 Å². The molecule has 1 aliphatic rings. The van der Waals surface area contributed by atoms with Gasteiger partial charge in [0.25, 0.3) is 5.91 Å². The van der Waals surface area contributed by atoms with E-state index in [2.05, 4.69) is 17.2 Å².